The second-order valence-corrected chi connectivity index (χ2v) is 4.24. The fourth-order valence-corrected chi connectivity index (χ4v) is 1.73. The highest BCUT2D eigenvalue weighted by Gasteiger charge is 2.18. The molecule has 0 aromatic carbocycles. The van der Waals surface area contributed by atoms with Gasteiger partial charge in [0, 0.05) is 0 Å². The third-order valence-corrected chi connectivity index (χ3v) is 2.97. The summed E-state index contributed by atoms with van der Waals surface area (Å²) in [5, 5.41) is 0.161. The van der Waals surface area contributed by atoms with E-state index in [1.807, 2.05) is 0 Å². The number of aromatic nitrogens is 2. The van der Waals surface area contributed by atoms with Crippen LogP contribution in [0.4, 0.5) is 5.82 Å². The number of rotatable bonds is 5. The molecule has 17 heavy (non-hydrogen) atoms. The van der Waals surface area contributed by atoms with Gasteiger partial charge < -0.3 is 16.4 Å². The van der Waals surface area contributed by atoms with Crippen LogP contribution in [0.1, 0.15) is 0 Å². The van der Waals surface area contributed by atoms with Crippen molar-refractivity contribution in [2.45, 2.75) is 0 Å². The predicted octanol–water partition coefficient (Wildman–Crippen LogP) is -0.330. The van der Waals surface area contributed by atoms with E-state index in [1.165, 1.54) is 11.2 Å². The lowest BCUT2D eigenvalue weighted by atomic mass is 10.4. The first kappa shape index (κ1) is 13.7. The molecule has 1 aromatic rings. The second-order valence-electron chi connectivity index (χ2n) is 3.09. The fraction of sp³-hybridized carbons (Fsp3) is 0.250. The molecule has 0 spiro atoms. The van der Waals surface area contributed by atoms with Crippen molar-refractivity contribution in [3.05, 3.63) is 16.0 Å². The van der Waals surface area contributed by atoms with E-state index in [-0.39, 0.29) is 24.1 Å². The van der Waals surface area contributed by atoms with Crippen LogP contribution < -0.4 is 16.4 Å². The zero-order valence-electron chi connectivity index (χ0n) is 8.56. The van der Waals surface area contributed by atoms with Crippen LogP contribution in [-0.2, 0) is 9.59 Å². The van der Waals surface area contributed by atoms with Gasteiger partial charge in [-0.1, -0.05) is 11.6 Å². The summed E-state index contributed by atoms with van der Waals surface area (Å²) in [7, 11) is 0. The maximum atomic E-state index is 10.9. The highest BCUT2D eigenvalue weighted by molar-refractivity contribution is 9.10. The maximum Gasteiger partial charge on any atom is 0.237 e. The van der Waals surface area contributed by atoms with Crippen LogP contribution in [0.3, 0.4) is 0 Å². The lowest BCUT2D eigenvalue weighted by Gasteiger charge is -2.21. The Kier molecular flexibility index (Phi) is 4.64. The summed E-state index contributed by atoms with van der Waals surface area (Å²) in [5.74, 6) is -0.955. The monoisotopic (exact) mass is 321 g/mol. The summed E-state index contributed by atoms with van der Waals surface area (Å²) in [6.07, 6.45) is 1.21. The highest BCUT2D eigenvalue weighted by Crippen LogP contribution is 2.28. The average molecular weight is 323 g/mol. The van der Waals surface area contributed by atoms with Gasteiger partial charge in [0.25, 0.3) is 0 Å². The number of anilines is 1. The Bertz CT molecular complexity index is 440. The van der Waals surface area contributed by atoms with Gasteiger partial charge in [0.15, 0.2) is 0 Å². The molecule has 0 aliphatic rings. The number of hydrogen-bond donors (Lipinski definition) is 2. The van der Waals surface area contributed by atoms with E-state index < -0.39 is 11.8 Å². The maximum absolute atomic E-state index is 10.9. The minimum atomic E-state index is -0.618. The summed E-state index contributed by atoms with van der Waals surface area (Å²) >= 11 is 8.93. The first-order valence-corrected chi connectivity index (χ1v) is 5.56. The molecule has 0 aliphatic carbocycles. The topological polar surface area (TPSA) is 115 Å². The number of amides is 2. The Morgan fingerprint density at radius 1 is 1.29 bits per heavy atom. The van der Waals surface area contributed by atoms with Crippen molar-refractivity contribution in [1.82, 2.24) is 9.97 Å². The van der Waals surface area contributed by atoms with E-state index in [9.17, 15) is 9.59 Å². The zero-order chi connectivity index (χ0) is 13.0. The molecule has 92 valence electrons. The Labute approximate surface area is 110 Å². The van der Waals surface area contributed by atoms with Crippen molar-refractivity contribution in [2.75, 3.05) is 18.0 Å². The fourth-order valence-electron chi connectivity index (χ4n) is 1.14. The third-order valence-electron chi connectivity index (χ3n) is 1.72. The minimum absolute atomic E-state index is 0.161. The largest absolute Gasteiger partial charge is 0.368 e. The molecule has 0 atom stereocenters. The molecular weight excluding hydrogens is 313 g/mol. The molecule has 0 aliphatic heterocycles. The number of halogens is 2. The van der Waals surface area contributed by atoms with Gasteiger partial charge in [-0.3, -0.25) is 9.59 Å². The Morgan fingerprint density at radius 2 is 1.82 bits per heavy atom. The molecule has 1 aromatic heterocycles. The molecule has 2 amide bonds. The van der Waals surface area contributed by atoms with Crippen molar-refractivity contribution in [2.24, 2.45) is 11.5 Å². The summed E-state index contributed by atoms with van der Waals surface area (Å²) in [4.78, 5) is 30.7. The molecule has 4 N–H and O–H groups in total. The van der Waals surface area contributed by atoms with Crippen molar-refractivity contribution >= 4 is 45.2 Å². The quantitative estimate of drug-likeness (QED) is 0.720. The van der Waals surface area contributed by atoms with Crippen molar-refractivity contribution < 1.29 is 9.59 Å². The van der Waals surface area contributed by atoms with E-state index in [0.717, 1.165) is 0 Å². The van der Waals surface area contributed by atoms with Gasteiger partial charge in [0.05, 0.1) is 17.6 Å². The normalized spacial score (nSPS) is 10.0. The van der Waals surface area contributed by atoms with Crippen molar-refractivity contribution in [1.29, 1.82) is 0 Å². The lowest BCUT2D eigenvalue weighted by Crippen LogP contribution is -2.40. The van der Waals surface area contributed by atoms with E-state index in [4.69, 9.17) is 23.1 Å². The zero-order valence-corrected chi connectivity index (χ0v) is 10.9. The van der Waals surface area contributed by atoms with Crippen LogP contribution >= 0.6 is 27.5 Å². The van der Waals surface area contributed by atoms with Crippen LogP contribution in [0, 0.1) is 0 Å². The first-order chi connectivity index (χ1) is 7.91. The van der Waals surface area contributed by atoms with Crippen LogP contribution in [-0.4, -0.2) is 34.9 Å². The van der Waals surface area contributed by atoms with Gasteiger partial charge in [-0.2, -0.15) is 0 Å². The molecule has 0 saturated carbocycles. The van der Waals surface area contributed by atoms with Crippen LogP contribution in [0.25, 0.3) is 0 Å². The molecule has 0 bridgehead atoms. The second kappa shape index (κ2) is 5.78. The SMILES string of the molecule is NC(=O)CN(CC(N)=O)c1ncnc(Cl)c1Br. The van der Waals surface area contributed by atoms with Gasteiger partial charge in [-0.25, -0.2) is 9.97 Å². The van der Waals surface area contributed by atoms with E-state index in [1.54, 1.807) is 0 Å². The first-order valence-electron chi connectivity index (χ1n) is 4.39. The highest BCUT2D eigenvalue weighted by atomic mass is 79.9. The molecule has 0 saturated heterocycles. The molecular formula is C8H9BrClN5O2. The van der Waals surface area contributed by atoms with E-state index in [0.29, 0.717) is 4.47 Å². The third kappa shape index (κ3) is 3.82. The number of primary amides is 2. The molecule has 1 heterocycles. The standard InChI is InChI=1S/C8H9BrClN5O2/c9-6-7(10)13-3-14-8(6)15(1-4(11)16)2-5(12)17/h3H,1-2H2,(H2,11,16)(H2,12,17). The number of carbonyl (C=O) groups is 2. The summed E-state index contributed by atoms with van der Waals surface area (Å²) < 4.78 is 0.365. The van der Waals surface area contributed by atoms with E-state index >= 15 is 0 Å². The van der Waals surface area contributed by atoms with Gasteiger partial charge >= 0.3 is 0 Å². The number of carbonyl (C=O) groups excluding carboxylic acids is 2. The molecule has 0 unspecified atom stereocenters. The van der Waals surface area contributed by atoms with Crippen molar-refractivity contribution in [3.63, 3.8) is 0 Å². The number of nitrogens with two attached hydrogens (primary N) is 2. The smallest absolute Gasteiger partial charge is 0.237 e. The van der Waals surface area contributed by atoms with Gasteiger partial charge in [-0.15, -0.1) is 0 Å². The van der Waals surface area contributed by atoms with Crippen molar-refractivity contribution in [3.8, 4) is 0 Å². The van der Waals surface area contributed by atoms with Gasteiger partial charge in [0.2, 0.25) is 11.8 Å². The lowest BCUT2D eigenvalue weighted by molar-refractivity contribution is -0.117. The molecule has 7 nitrogen and oxygen atoms in total. The van der Waals surface area contributed by atoms with Gasteiger partial charge in [-0.05, 0) is 15.9 Å². The summed E-state index contributed by atoms with van der Waals surface area (Å²) in [6.45, 7) is -0.399. The summed E-state index contributed by atoms with van der Waals surface area (Å²) in [5.41, 5.74) is 10.1. The van der Waals surface area contributed by atoms with Crippen LogP contribution in [0.5, 0.6) is 0 Å². The molecule has 0 radical (unpaired) electrons. The molecule has 0 fully saturated rings. The number of nitrogens with zero attached hydrogens (tertiary/aromatic N) is 3. The predicted molar refractivity (Wildman–Crippen MR) is 65.3 cm³/mol. The average Bonchev–Trinajstić information content (AvgIpc) is 2.19. The summed E-state index contributed by atoms with van der Waals surface area (Å²) in [6, 6.07) is 0. The molecule has 1 rings (SSSR count). The van der Waals surface area contributed by atoms with Crippen LogP contribution in [0.15, 0.2) is 10.8 Å². The number of hydrogen-bond acceptors (Lipinski definition) is 5. The van der Waals surface area contributed by atoms with Crippen LogP contribution in [0.2, 0.25) is 5.15 Å². The van der Waals surface area contributed by atoms with Gasteiger partial charge in [0.1, 0.15) is 17.3 Å². The minimum Gasteiger partial charge on any atom is -0.368 e. The van der Waals surface area contributed by atoms with E-state index in [2.05, 4.69) is 25.9 Å². The Hall–Kier alpha value is -1.41. The molecule has 9 heteroatoms. The Morgan fingerprint density at radius 3 is 2.29 bits per heavy atom. The Balaban J connectivity index is 3.07.